The first-order valence-corrected chi connectivity index (χ1v) is 8.91. The Balaban J connectivity index is 2.07. The number of aliphatic hydroxyl groups is 1. The molecular weight excluding hydrogens is 276 g/mol. The highest BCUT2D eigenvalue weighted by atomic mass is 16.3. The number of nitrogens with zero attached hydrogens (tertiary/aromatic N) is 4. The van der Waals surface area contributed by atoms with Gasteiger partial charge in [0.05, 0.1) is 13.2 Å². The van der Waals surface area contributed by atoms with E-state index >= 15 is 0 Å². The molecule has 1 aromatic heterocycles. The molecule has 1 aliphatic rings. The van der Waals surface area contributed by atoms with Gasteiger partial charge in [0.2, 0.25) is 0 Å². The van der Waals surface area contributed by atoms with Crippen molar-refractivity contribution >= 4 is 0 Å². The molecule has 1 N–H and O–H groups in total. The predicted octanol–water partition coefficient (Wildman–Crippen LogP) is 2.76. The number of aliphatic hydroxyl groups excluding tert-OH is 1. The first-order chi connectivity index (χ1) is 10.7. The number of rotatable bonds is 8. The van der Waals surface area contributed by atoms with E-state index in [2.05, 4.69) is 33.5 Å². The van der Waals surface area contributed by atoms with Crippen LogP contribution in [0.25, 0.3) is 0 Å². The summed E-state index contributed by atoms with van der Waals surface area (Å²) in [4.78, 5) is 2.39. The fraction of sp³-hybridized carbons (Fsp3) is 0.882. The Kier molecular flexibility index (Phi) is 6.83. The summed E-state index contributed by atoms with van der Waals surface area (Å²) in [5.41, 5.74) is 0. The second kappa shape index (κ2) is 8.63. The monoisotopic (exact) mass is 308 g/mol. The summed E-state index contributed by atoms with van der Waals surface area (Å²) in [5, 5.41) is 18.1. The number of hydrogen-bond donors (Lipinski definition) is 1. The van der Waals surface area contributed by atoms with E-state index in [0.717, 1.165) is 43.6 Å². The largest absolute Gasteiger partial charge is 0.395 e. The Labute approximate surface area is 134 Å². The van der Waals surface area contributed by atoms with Crippen LogP contribution >= 0.6 is 0 Å². The van der Waals surface area contributed by atoms with E-state index in [1.54, 1.807) is 0 Å². The van der Waals surface area contributed by atoms with Crippen LogP contribution in [0.15, 0.2) is 0 Å². The first kappa shape index (κ1) is 17.4. The van der Waals surface area contributed by atoms with E-state index in [9.17, 15) is 5.11 Å². The molecule has 0 radical (unpaired) electrons. The summed E-state index contributed by atoms with van der Waals surface area (Å²) in [6.45, 7) is 9.21. The molecule has 0 unspecified atom stereocenters. The van der Waals surface area contributed by atoms with Gasteiger partial charge >= 0.3 is 0 Å². The second-order valence-corrected chi connectivity index (χ2v) is 6.65. The van der Waals surface area contributed by atoms with E-state index < -0.39 is 0 Å². The second-order valence-electron chi connectivity index (χ2n) is 6.65. The minimum absolute atomic E-state index is 0.206. The minimum Gasteiger partial charge on any atom is -0.395 e. The third-order valence-corrected chi connectivity index (χ3v) is 5.10. The molecule has 0 spiro atoms. The molecule has 0 aliphatic heterocycles. The molecule has 0 aromatic carbocycles. The lowest BCUT2D eigenvalue weighted by Gasteiger charge is -2.36. The molecule has 0 bridgehead atoms. The summed E-state index contributed by atoms with van der Waals surface area (Å²) < 4.78 is 2.22. The van der Waals surface area contributed by atoms with Gasteiger partial charge in [0.25, 0.3) is 0 Å². The standard InChI is InChI=1S/C17H32N4O/c1-4-10-21-15(3)18-19-17(21)13-20(11-12-22)14(2)16-8-6-5-7-9-16/h14,16,22H,4-13H2,1-3H3/t14-/m1/s1. The summed E-state index contributed by atoms with van der Waals surface area (Å²) >= 11 is 0. The molecule has 1 fully saturated rings. The Morgan fingerprint density at radius 3 is 2.64 bits per heavy atom. The number of aryl methyl sites for hydroxylation is 1. The van der Waals surface area contributed by atoms with Crippen molar-refractivity contribution in [3.63, 3.8) is 0 Å². The van der Waals surface area contributed by atoms with Crippen LogP contribution < -0.4 is 0 Å². The van der Waals surface area contributed by atoms with Crippen molar-refractivity contribution in [1.29, 1.82) is 0 Å². The van der Waals surface area contributed by atoms with Crippen LogP contribution in [0.4, 0.5) is 0 Å². The Bertz CT molecular complexity index is 440. The quantitative estimate of drug-likeness (QED) is 0.802. The Morgan fingerprint density at radius 1 is 1.27 bits per heavy atom. The molecule has 2 rings (SSSR count). The van der Waals surface area contributed by atoms with Gasteiger partial charge in [0.15, 0.2) is 0 Å². The molecule has 1 aromatic rings. The van der Waals surface area contributed by atoms with Gasteiger partial charge in [-0.05, 0) is 39.0 Å². The molecule has 5 heteroatoms. The van der Waals surface area contributed by atoms with Gasteiger partial charge in [0.1, 0.15) is 11.6 Å². The normalized spacial score (nSPS) is 18.0. The minimum atomic E-state index is 0.206. The van der Waals surface area contributed by atoms with Crippen LogP contribution in [0, 0.1) is 12.8 Å². The summed E-state index contributed by atoms with van der Waals surface area (Å²) in [7, 11) is 0. The zero-order valence-corrected chi connectivity index (χ0v) is 14.5. The van der Waals surface area contributed by atoms with Crippen molar-refractivity contribution in [3.8, 4) is 0 Å². The average Bonchev–Trinajstić information content (AvgIpc) is 2.88. The molecule has 126 valence electrons. The molecule has 22 heavy (non-hydrogen) atoms. The van der Waals surface area contributed by atoms with Crippen molar-refractivity contribution in [2.75, 3.05) is 13.2 Å². The summed E-state index contributed by atoms with van der Waals surface area (Å²) in [5.74, 6) is 2.78. The van der Waals surface area contributed by atoms with Gasteiger partial charge in [-0.3, -0.25) is 4.90 Å². The highest BCUT2D eigenvalue weighted by molar-refractivity contribution is 4.95. The van der Waals surface area contributed by atoms with E-state index in [-0.39, 0.29) is 6.61 Å². The molecule has 1 aliphatic carbocycles. The van der Waals surface area contributed by atoms with Crippen molar-refractivity contribution in [2.45, 2.75) is 78.4 Å². The van der Waals surface area contributed by atoms with E-state index in [0.29, 0.717) is 6.04 Å². The lowest BCUT2D eigenvalue weighted by Crippen LogP contribution is -2.41. The van der Waals surface area contributed by atoms with Gasteiger partial charge in [-0.15, -0.1) is 10.2 Å². The molecular formula is C17H32N4O. The van der Waals surface area contributed by atoms with Gasteiger partial charge in [-0.25, -0.2) is 0 Å². The smallest absolute Gasteiger partial charge is 0.147 e. The van der Waals surface area contributed by atoms with Crippen LogP contribution in [-0.2, 0) is 13.1 Å². The highest BCUT2D eigenvalue weighted by Crippen LogP contribution is 2.29. The van der Waals surface area contributed by atoms with E-state index in [1.165, 1.54) is 32.1 Å². The maximum atomic E-state index is 9.46. The predicted molar refractivity (Wildman–Crippen MR) is 88.6 cm³/mol. The zero-order chi connectivity index (χ0) is 15.9. The van der Waals surface area contributed by atoms with Crippen LogP contribution in [-0.4, -0.2) is 44.0 Å². The van der Waals surface area contributed by atoms with Crippen molar-refractivity contribution in [1.82, 2.24) is 19.7 Å². The van der Waals surface area contributed by atoms with E-state index in [4.69, 9.17) is 0 Å². The lowest BCUT2D eigenvalue weighted by atomic mass is 9.84. The van der Waals surface area contributed by atoms with Gasteiger partial charge < -0.3 is 9.67 Å². The maximum Gasteiger partial charge on any atom is 0.147 e. The van der Waals surface area contributed by atoms with Gasteiger partial charge in [0, 0.05) is 19.1 Å². The molecule has 1 heterocycles. The topological polar surface area (TPSA) is 54.2 Å². The van der Waals surface area contributed by atoms with E-state index in [1.807, 2.05) is 6.92 Å². The van der Waals surface area contributed by atoms with Crippen LogP contribution in [0.3, 0.4) is 0 Å². The zero-order valence-electron chi connectivity index (χ0n) is 14.5. The fourth-order valence-electron chi connectivity index (χ4n) is 3.71. The fourth-order valence-corrected chi connectivity index (χ4v) is 3.71. The van der Waals surface area contributed by atoms with Crippen molar-refractivity contribution < 1.29 is 5.11 Å². The molecule has 0 amide bonds. The number of aromatic nitrogens is 3. The van der Waals surface area contributed by atoms with Crippen LogP contribution in [0.2, 0.25) is 0 Å². The highest BCUT2D eigenvalue weighted by Gasteiger charge is 2.26. The molecule has 5 nitrogen and oxygen atoms in total. The first-order valence-electron chi connectivity index (χ1n) is 8.91. The Morgan fingerprint density at radius 2 is 2.00 bits per heavy atom. The summed E-state index contributed by atoms with van der Waals surface area (Å²) in [6, 6.07) is 0.500. The third kappa shape index (κ3) is 4.29. The van der Waals surface area contributed by atoms with Gasteiger partial charge in [-0.1, -0.05) is 26.2 Å². The van der Waals surface area contributed by atoms with Crippen molar-refractivity contribution in [2.24, 2.45) is 5.92 Å². The molecule has 1 atom stereocenters. The van der Waals surface area contributed by atoms with Crippen molar-refractivity contribution in [3.05, 3.63) is 11.6 Å². The average molecular weight is 308 g/mol. The molecule has 0 saturated heterocycles. The molecule has 1 saturated carbocycles. The summed E-state index contributed by atoms with van der Waals surface area (Å²) in [6.07, 6.45) is 7.82. The third-order valence-electron chi connectivity index (χ3n) is 5.10. The maximum absolute atomic E-state index is 9.46. The Hall–Kier alpha value is -0.940. The van der Waals surface area contributed by atoms with Crippen LogP contribution in [0.1, 0.15) is 64.0 Å². The SMILES string of the molecule is CCCn1c(C)nnc1CN(CCO)[C@H](C)C1CCCCC1. The number of hydrogen-bond acceptors (Lipinski definition) is 4. The van der Waals surface area contributed by atoms with Crippen LogP contribution in [0.5, 0.6) is 0 Å². The van der Waals surface area contributed by atoms with Gasteiger partial charge in [-0.2, -0.15) is 0 Å². The lowest BCUT2D eigenvalue weighted by molar-refractivity contribution is 0.0952.